The van der Waals surface area contributed by atoms with E-state index < -0.39 is 0 Å². The van der Waals surface area contributed by atoms with Gasteiger partial charge in [0.15, 0.2) is 5.82 Å². The molecular weight excluding hydrogens is 264 g/mol. The second kappa shape index (κ2) is 4.24. The van der Waals surface area contributed by atoms with Gasteiger partial charge in [0.05, 0.1) is 6.04 Å². The predicted molar refractivity (Wildman–Crippen MR) is 69.1 cm³/mol. The maximum Gasteiger partial charge on any atom is 0.237 e. The van der Waals surface area contributed by atoms with Gasteiger partial charge >= 0.3 is 0 Å². The molecule has 1 saturated heterocycles. The molecule has 3 heterocycles. The molecule has 4 rings (SSSR count). The zero-order valence-electron chi connectivity index (χ0n) is 10.3. The van der Waals surface area contributed by atoms with Crippen LogP contribution in [-0.4, -0.2) is 44.8 Å². The summed E-state index contributed by atoms with van der Waals surface area (Å²) in [5, 5.41) is 19.9. The van der Waals surface area contributed by atoms with Crippen LogP contribution in [0.25, 0.3) is 4.96 Å². The van der Waals surface area contributed by atoms with E-state index in [0.29, 0.717) is 18.9 Å². The van der Waals surface area contributed by atoms with Gasteiger partial charge in [-0.15, -0.1) is 10.2 Å². The third-order valence-electron chi connectivity index (χ3n) is 3.51. The van der Waals surface area contributed by atoms with Crippen LogP contribution >= 0.6 is 11.3 Å². The first-order valence-corrected chi connectivity index (χ1v) is 7.35. The van der Waals surface area contributed by atoms with E-state index in [0.717, 1.165) is 22.3 Å². The van der Waals surface area contributed by atoms with E-state index in [4.69, 9.17) is 0 Å². The van der Waals surface area contributed by atoms with Crippen molar-refractivity contribution in [3.8, 4) is 0 Å². The Bertz CT molecular complexity index is 630. The molecule has 0 aromatic carbocycles. The first kappa shape index (κ1) is 11.3. The molecule has 1 atom stereocenters. The summed E-state index contributed by atoms with van der Waals surface area (Å²) >= 11 is 1.52. The van der Waals surface area contributed by atoms with Crippen molar-refractivity contribution in [3.63, 3.8) is 0 Å². The van der Waals surface area contributed by atoms with E-state index in [1.807, 2.05) is 4.52 Å². The van der Waals surface area contributed by atoms with Gasteiger partial charge in [-0.05, 0) is 12.8 Å². The van der Waals surface area contributed by atoms with E-state index in [1.165, 1.54) is 24.2 Å². The number of nitrogens with zero attached hydrogens (tertiary/aromatic N) is 4. The molecule has 1 aliphatic carbocycles. The van der Waals surface area contributed by atoms with Gasteiger partial charge < -0.3 is 10.6 Å². The molecule has 0 bridgehead atoms. The largest absolute Gasteiger partial charge is 0.353 e. The minimum Gasteiger partial charge on any atom is -0.353 e. The first-order chi connectivity index (χ1) is 9.31. The van der Waals surface area contributed by atoms with E-state index in [2.05, 4.69) is 25.9 Å². The highest BCUT2D eigenvalue weighted by molar-refractivity contribution is 7.16. The Labute approximate surface area is 113 Å². The Balaban J connectivity index is 1.59. The van der Waals surface area contributed by atoms with Gasteiger partial charge in [0.1, 0.15) is 5.01 Å². The molecule has 2 aliphatic rings. The number of amides is 1. The molecule has 100 valence electrons. The number of carbonyl (C=O) groups excluding carboxylic acids is 1. The quantitative estimate of drug-likeness (QED) is 0.805. The lowest BCUT2D eigenvalue weighted by Gasteiger charge is -2.22. The lowest BCUT2D eigenvalue weighted by Crippen LogP contribution is -2.53. The van der Waals surface area contributed by atoms with Gasteiger partial charge in [-0.3, -0.25) is 4.79 Å². The van der Waals surface area contributed by atoms with Crippen LogP contribution in [0.3, 0.4) is 0 Å². The number of rotatable bonds is 3. The average molecular weight is 278 g/mol. The summed E-state index contributed by atoms with van der Waals surface area (Å²) in [4.78, 5) is 12.5. The van der Waals surface area contributed by atoms with Crippen LogP contribution in [0, 0.1) is 0 Å². The molecule has 7 nitrogen and oxygen atoms in total. The van der Waals surface area contributed by atoms with Gasteiger partial charge in [-0.25, -0.2) is 0 Å². The number of hydrogen-bond donors (Lipinski definition) is 2. The van der Waals surface area contributed by atoms with E-state index in [-0.39, 0.29) is 11.9 Å². The number of hydrogen-bond acceptors (Lipinski definition) is 6. The van der Waals surface area contributed by atoms with E-state index in [9.17, 15) is 4.79 Å². The molecular formula is C11H14N6OS. The van der Waals surface area contributed by atoms with E-state index in [1.54, 1.807) is 0 Å². The van der Waals surface area contributed by atoms with Gasteiger partial charge in [0, 0.05) is 25.4 Å². The lowest BCUT2D eigenvalue weighted by atomic mass is 10.1. The van der Waals surface area contributed by atoms with Gasteiger partial charge in [-0.2, -0.15) is 9.61 Å². The molecule has 1 amide bonds. The molecule has 19 heavy (non-hydrogen) atoms. The summed E-state index contributed by atoms with van der Waals surface area (Å²) in [6.45, 7) is 1.51. The van der Waals surface area contributed by atoms with Crippen molar-refractivity contribution in [3.05, 3.63) is 10.8 Å². The van der Waals surface area contributed by atoms with Crippen molar-refractivity contribution in [2.75, 3.05) is 13.1 Å². The number of carbonyl (C=O) groups is 1. The third-order valence-corrected chi connectivity index (χ3v) is 4.43. The third kappa shape index (κ3) is 2.00. The van der Waals surface area contributed by atoms with Crippen molar-refractivity contribution in [2.45, 2.75) is 31.2 Å². The number of fused-ring (bicyclic) bond motifs is 1. The lowest BCUT2D eigenvalue weighted by molar-refractivity contribution is -0.124. The normalized spacial score (nSPS) is 23.8. The SMILES string of the molecule is O=C1NCCNC1Cc1nn2c(C3CC3)nnc2s1. The fraction of sp³-hybridized carbons (Fsp3) is 0.636. The van der Waals surface area contributed by atoms with Crippen LogP contribution in [0.4, 0.5) is 0 Å². The highest BCUT2D eigenvalue weighted by Gasteiger charge is 2.30. The number of piperazine rings is 1. The van der Waals surface area contributed by atoms with Gasteiger partial charge in [-0.1, -0.05) is 11.3 Å². The minimum absolute atomic E-state index is 0.0552. The Hall–Kier alpha value is -1.54. The molecule has 1 unspecified atom stereocenters. The molecule has 2 fully saturated rings. The smallest absolute Gasteiger partial charge is 0.237 e. The van der Waals surface area contributed by atoms with Crippen LogP contribution < -0.4 is 10.6 Å². The molecule has 2 aromatic heterocycles. The maximum atomic E-state index is 11.7. The van der Waals surface area contributed by atoms with Crippen molar-refractivity contribution < 1.29 is 4.79 Å². The minimum atomic E-state index is -0.179. The standard InChI is InChI=1S/C11H14N6OS/c18-10-7(12-3-4-13-10)5-8-16-17-9(6-1-2-6)14-15-11(17)19-8/h6-7,12H,1-5H2,(H,13,18). The Kier molecular flexibility index (Phi) is 2.52. The summed E-state index contributed by atoms with van der Waals surface area (Å²) in [6.07, 6.45) is 2.98. The van der Waals surface area contributed by atoms with Crippen LogP contribution in [0.15, 0.2) is 0 Å². The van der Waals surface area contributed by atoms with Crippen molar-refractivity contribution >= 4 is 22.2 Å². The summed E-state index contributed by atoms with van der Waals surface area (Å²) in [5.41, 5.74) is 0. The Morgan fingerprint density at radius 1 is 1.32 bits per heavy atom. The van der Waals surface area contributed by atoms with Gasteiger partial charge in [0.2, 0.25) is 10.9 Å². The fourth-order valence-corrected chi connectivity index (χ4v) is 3.22. The monoisotopic (exact) mass is 278 g/mol. The molecule has 1 aliphatic heterocycles. The number of aromatic nitrogens is 4. The van der Waals surface area contributed by atoms with Crippen molar-refractivity contribution in [1.82, 2.24) is 30.4 Å². The van der Waals surface area contributed by atoms with Crippen LogP contribution in [-0.2, 0) is 11.2 Å². The molecule has 0 spiro atoms. The molecule has 2 N–H and O–H groups in total. The van der Waals surface area contributed by atoms with Crippen LogP contribution in [0.2, 0.25) is 0 Å². The maximum absolute atomic E-state index is 11.7. The van der Waals surface area contributed by atoms with Crippen LogP contribution in [0.1, 0.15) is 29.6 Å². The summed E-state index contributed by atoms with van der Waals surface area (Å²) in [7, 11) is 0. The van der Waals surface area contributed by atoms with Crippen LogP contribution in [0.5, 0.6) is 0 Å². The summed E-state index contributed by atoms with van der Waals surface area (Å²) in [5.74, 6) is 1.55. The second-order valence-electron chi connectivity index (χ2n) is 5.02. The van der Waals surface area contributed by atoms with E-state index >= 15 is 0 Å². The first-order valence-electron chi connectivity index (χ1n) is 6.53. The number of nitrogens with one attached hydrogen (secondary N) is 2. The zero-order chi connectivity index (χ0) is 12.8. The predicted octanol–water partition coefficient (Wildman–Crippen LogP) is -0.306. The van der Waals surface area contributed by atoms with Crippen molar-refractivity contribution in [2.24, 2.45) is 0 Å². The molecule has 8 heteroatoms. The highest BCUT2D eigenvalue weighted by Crippen LogP contribution is 2.39. The fourth-order valence-electron chi connectivity index (χ4n) is 2.34. The van der Waals surface area contributed by atoms with Gasteiger partial charge in [0.25, 0.3) is 0 Å². The second-order valence-corrected chi connectivity index (χ2v) is 6.07. The summed E-state index contributed by atoms with van der Waals surface area (Å²) in [6, 6.07) is -0.179. The molecule has 1 saturated carbocycles. The summed E-state index contributed by atoms with van der Waals surface area (Å²) < 4.78 is 1.85. The zero-order valence-corrected chi connectivity index (χ0v) is 11.1. The topological polar surface area (TPSA) is 84.2 Å². The Morgan fingerprint density at radius 2 is 2.21 bits per heavy atom. The Morgan fingerprint density at radius 3 is 3.00 bits per heavy atom. The molecule has 2 aromatic rings. The molecule has 0 radical (unpaired) electrons. The average Bonchev–Trinajstić information content (AvgIpc) is 3.05. The highest BCUT2D eigenvalue weighted by atomic mass is 32.1. The van der Waals surface area contributed by atoms with Crippen molar-refractivity contribution in [1.29, 1.82) is 0 Å².